The van der Waals surface area contributed by atoms with Gasteiger partial charge in [0, 0.05) is 16.0 Å². The van der Waals surface area contributed by atoms with Gasteiger partial charge in [0.2, 0.25) is 0 Å². The van der Waals surface area contributed by atoms with Gasteiger partial charge in [-0.1, -0.05) is 43.5 Å². The zero-order valence-corrected chi connectivity index (χ0v) is 20.0. The van der Waals surface area contributed by atoms with Crippen LogP contribution < -0.4 is 15.0 Å². The minimum absolute atomic E-state index is 0.157. The molecule has 2 aromatic heterocycles. The summed E-state index contributed by atoms with van der Waals surface area (Å²) in [5, 5.41) is 10.7. The molecule has 1 atom stereocenters. The third kappa shape index (κ3) is 5.21. The van der Waals surface area contributed by atoms with Crippen LogP contribution in [0.1, 0.15) is 26.2 Å². The van der Waals surface area contributed by atoms with Gasteiger partial charge in [0.1, 0.15) is 17.6 Å². The van der Waals surface area contributed by atoms with E-state index in [9.17, 15) is 9.90 Å². The van der Waals surface area contributed by atoms with Crippen LogP contribution in [0.15, 0.2) is 59.7 Å². The minimum atomic E-state index is -0.530. The lowest BCUT2D eigenvalue weighted by molar-refractivity contribution is 0.0964. The van der Waals surface area contributed by atoms with Crippen LogP contribution in [0, 0.1) is 0 Å². The molecular formula is C25H25ClN2O4S. The second-order valence-electron chi connectivity index (χ2n) is 7.69. The lowest BCUT2D eigenvalue weighted by Crippen LogP contribution is -2.19. The van der Waals surface area contributed by atoms with Crippen molar-refractivity contribution in [1.82, 2.24) is 9.55 Å². The Balaban J connectivity index is 1.62. The number of nitrogens with zero attached hydrogens (tertiary/aromatic N) is 2. The Kier molecular flexibility index (Phi) is 7.33. The van der Waals surface area contributed by atoms with E-state index in [1.54, 1.807) is 25.3 Å². The van der Waals surface area contributed by atoms with E-state index in [2.05, 4.69) is 11.9 Å². The molecule has 0 saturated heterocycles. The number of methoxy groups -OCH3 is 1. The number of hydrogen-bond acceptors (Lipinski definition) is 6. The molecule has 0 saturated carbocycles. The number of rotatable bonds is 9. The molecule has 2 heterocycles. The molecule has 0 aliphatic heterocycles. The van der Waals surface area contributed by atoms with E-state index >= 15 is 0 Å². The van der Waals surface area contributed by atoms with Gasteiger partial charge in [-0.2, -0.15) is 0 Å². The summed E-state index contributed by atoms with van der Waals surface area (Å²) in [6, 6.07) is 14.7. The molecule has 0 aliphatic carbocycles. The molecule has 0 bridgehead atoms. The van der Waals surface area contributed by atoms with Crippen molar-refractivity contribution in [2.75, 3.05) is 13.7 Å². The summed E-state index contributed by atoms with van der Waals surface area (Å²) in [6.07, 6.45) is 3.65. The molecule has 172 valence electrons. The summed E-state index contributed by atoms with van der Waals surface area (Å²) in [5.41, 5.74) is 2.10. The zero-order valence-electron chi connectivity index (χ0n) is 18.5. The minimum Gasteiger partial charge on any atom is -0.493 e. The fraction of sp³-hybridized carbons (Fsp3) is 0.280. The second kappa shape index (κ2) is 10.4. The highest BCUT2D eigenvalue weighted by atomic mass is 35.5. The van der Waals surface area contributed by atoms with Crippen molar-refractivity contribution >= 4 is 33.2 Å². The highest BCUT2D eigenvalue weighted by molar-refractivity contribution is 7.22. The summed E-state index contributed by atoms with van der Waals surface area (Å²) < 4.78 is 13.3. The molecule has 1 unspecified atom stereocenters. The Labute approximate surface area is 201 Å². The second-order valence-corrected chi connectivity index (χ2v) is 9.18. The molecule has 1 N–H and O–H groups in total. The topological polar surface area (TPSA) is 73.6 Å². The van der Waals surface area contributed by atoms with Crippen LogP contribution in [0.4, 0.5) is 0 Å². The van der Waals surface area contributed by atoms with Crippen molar-refractivity contribution in [2.45, 2.75) is 32.3 Å². The highest BCUT2D eigenvalue weighted by Crippen LogP contribution is 2.33. The van der Waals surface area contributed by atoms with Crippen molar-refractivity contribution in [3.05, 3.63) is 70.2 Å². The van der Waals surface area contributed by atoms with E-state index in [4.69, 9.17) is 21.1 Å². The smallest absolute Gasteiger partial charge is 0.275 e. The largest absolute Gasteiger partial charge is 0.493 e. The van der Waals surface area contributed by atoms with Gasteiger partial charge in [-0.25, -0.2) is 4.98 Å². The van der Waals surface area contributed by atoms with E-state index in [0.29, 0.717) is 38.8 Å². The standard InChI is InChI=1S/C25H25ClN2O4S/c1-3-4-5-19(29)14-32-21-11-10-18(12-22(21)31-2)28-15-27-20-13-23(33-24(20)25(28)30)16-6-8-17(26)9-7-16/h6-13,15,19,29H,3-5,14H2,1-2H3. The molecule has 0 spiro atoms. The number of aromatic nitrogens is 2. The van der Waals surface area contributed by atoms with Crippen LogP contribution in [0.3, 0.4) is 0 Å². The predicted octanol–water partition coefficient (Wildman–Crippen LogP) is 5.71. The van der Waals surface area contributed by atoms with Crippen molar-refractivity contribution in [3.63, 3.8) is 0 Å². The molecule has 8 heteroatoms. The number of fused-ring (bicyclic) bond motifs is 1. The quantitative estimate of drug-likeness (QED) is 0.329. The third-order valence-corrected chi connectivity index (χ3v) is 6.73. The Morgan fingerprint density at radius 1 is 1.15 bits per heavy atom. The van der Waals surface area contributed by atoms with Gasteiger partial charge >= 0.3 is 0 Å². The number of ether oxygens (including phenoxy) is 2. The maximum Gasteiger partial charge on any atom is 0.275 e. The van der Waals surface area contributed by atoms with Crippen molar-refractivity contribution in [2.24, 2.45) is 0 Å². The summed E-state index contributed by atoms with van der Waals surface area (Å²) in [4.78, 5) is 18.7. The van der Waals surface area contributed by atoms with Gasteiger partial charge in [-0.15, -0.1) is 11.3 Å². The van der Waals surface area contributed by atoms with Gasteiger partial charge in [0.25, 0.3) is 5.56 Å². The number of unbranched alkanes of at least 4 members (excludes halogenated alkanes) is 1. The van der Waals surface area contributed by atoms with E-state index in [0.717, 1.165) is 23.3 Å². The number of aliphatic hydroxyl groups excluding tert-OH is 1. The van der Waals surface area contributed by atoms with Crippen LogP contribution in [0.2, 0.25) is 5.02 Å². The fourth-order valence-electron chi connectivity index (χ4n) is 3.49. The Bertz CT molecular complexity index is 1300. The maximum absolute atomic E-state index is 13.2. The van der Waals surface area contributed by atoms with E-state index in [1.807, 2.05) is 30.3 Å². The van der Waals surface area contributed by atoms with E-state index < -0.39 is 6.10 Å². The van der Waals surface area contributed by atoms with Crippen molar-refractivity contribution < 1.29 is 14.6 Å². The summed E-state index contributed by atoms with van der Waals surface area (Å²) in [6.45, 7) is 2.27. The molecule has 4 rings (SSSR count). The molecule has 0 aliphatic rings. The molecule has 2 aromatic carbocycles. The van der Waals surface area contributed by atoms with Gasteiger partial charge < -0.3 is 14.6 Å². The SMILES string of the molecule is CCCCC(O)COc1ccc(-n2cnc3cc(-c4ccc(Cl)cc4)sc3c2=O)cc1OC. The Morgan fingerprint density at radius 3 is 2.67 bits per heavy atom. The zero-order chi connectivity index (χ0) is 23.4. The van der Waals surface area contributed by atoms with E-state index in [-0.39, 0.29) is 12.2 Å². The van der Waals surface area contributed by atoms with E-state index in [1.165, 1.54) is 22.2 Å². The third-order valence-electron chi connectivity index (χ3n) is 5.31. The molecular weight excluding hydrogens is 460 g/mol. The Hall–Kier alpha value is -2.87. The lowest BCUT2D eigenvalue weighted by Gasteiger charge is -2.15. The average Bonchev–Trinajstić information content (AvgIpc) is 3.27. The van der Waals surface area contributed by atoms with Crippen molar-refractivity contribution in [1.29, 1.82) is 0 Å². The number of thiophene rings is 1. The number of hydrogen-bond donors (Lipinski definition) is 1. The molecule has 0 radical (unpaired) electrons. The maximum atomic E-state index is 13.2. The summed E-state index contributed by atoms with van der Waals surface area (Å²) in [7, 11) is 1.54. The number of aliphatic hydroxyl groups is 1. The fourth-order valence-corrected chi connectivity index (χ4v) is 4.66. The molecule has 0 amide bonds. The molecule has 33 heavy (non-hydrogen) atoms. The van der Waals surface area contributed by atoms with Gasteiger partial charge in [-0.05, 0) is 42.3 Å². The van der Waals surface area contributed by atoms with Crippen LogP contribution in [-0.4, -0.2) is 34.5 Å². The highest BCUT2D eigenvalue weighted by Gasteiger charge is 2.14. The normalized spacial score (nSPS) is 12.1. The van der Waals surface area contributed by atoms with Gasteiger partial charge in [-0.3, -0.25) is 9.36 Å². The van der Waals surface area contributed by atoms with Gasteiger partial charge in [0.15, 0.2) is 11.5 Å². The monoisotopic (exact) mass is 484 g/mol. The molecule has 4 aromatic rings. The first kappa shape index (κ1) is 23.3. The summed E-state index contributed by atoms with van der Waals surface area (Å²) in [5.74, 6) is 0.996. The first-order valence-electron chi connectivity index (χ1n) is 10.8. The molecule has 0 fully saturated rings. The predicted molar refractivity (Wildman–Crippen MR) is 133 cm³/mol. The van der Waals surface area contributed by atoms with Crippen LogP contribution in [0.25, 0.3) is 26.3 Å². The first-order chi connectivity index (χ1) is 16.0. The van der Waals surface area contributed by atoms with Crippen molar-refractivity contribution in [3.8, 4) is 27.6 Å². The van der Waals surface area contributed by atoms with Gasteiger partial charge in [0.05, 0.1) is 24.4 Å². The summed E-state index contributed by atoms with van der Waals surface area (Å²) >= 11 is 7.39. The first-order valence-corrected chi connectivity index (χ1v) is 12.0. The van der Waals surface area contributed by atoms with Crippen LogP contribution >= 0.6 is 22.9 Å². The van der Waals surface area contributed by atoms with Crippen LogP contribution in [0.5, 0.6) is 11.5 Å². The molecule has 6 nitrogen and oxygen atoms in total. The lowest BCUT2D eigenvalue weighted by atomic mass is 10.2. The number of benzene rings is 2. The van der Waals surface area contributed by atoms with Crippen LogP contribution in [-0.2, 0) is 0 Å². The number of halogens is 1. The Morgan fingerprint density at radius 2 is 1.94 bits per heavy atom. The average molecular weight is 485 g/mol.